The van der Waals surface area contributed by atoms with Gasteiger partial charge < -0.3 is 9.67 Å². The first-order valence-electron chi connectivity index (χ1n) is 5.33. The molecule has 17 heavy (non-hydrogen) atoms. The molecule has 0 radical (unpaired) electrons. The molecule has 0 atom stereocenters. The van der Waals surface area contributed by atoms with Crippen molar-refractivity contribution in [2.45, 2.75) is 19.9 Å². The Kier molecular flexibility index (Phi) is 3.18. The van der Waals surface area contributed by atoms with Crippen molar-refractivity contribution in [3.8, 4) is 0 Å². The molecule has 88 valence electrons. The predicted octanol–water partition coefficient (Wildman–Crippen LogP) is 1.53. The summed E-state index contributed by atoms with van der Waals surface area (Å²) < 4.78 is 1.70. The topological polar surface area (TPSA) is 68.0 Å². The lowest BCUT2D eigenvalue weighted by Gasteiger charge is -2.07. The second-order valence-electron chi connectivity index (χ2n) is 3.76. The Morgan fingerprint density at radius 2 is 2.29 bits per heavy atom. The number of rotatable bonds is 4. The van der Waals surface area contributed by atoms with E-state index in [1.54, 1.807) is 23.9 Å². The second-order valence-corrected chi connectivity index (χ2v) is 3.76. The van der Waals surface area contributed by atoms with Gasteiger partial charge in [-0.05, 0) is 25.0 Å². The molecular weight excluding hydrogens is 218 g/mol. The van der Waals surface area contributed by atoms with Crippen molar-refractivity contribution in [3.63, 3.8) is 0 Å². The maximum absolute atomic E-state index is 11.0. The molecule has 0 bridgehead atoms. The number of pyridine rings is 1. The van der Waals surface area contributed by atoms with Gasteiger partial charge in [0.2, 0.25) is 0 Å². The Morgan fingerprint density at radius 3 is 2.94 bits per heavy atom. The van der Waals surface area contributed by atoms with Crippen LogP contribution in [0.3, 0.4) is 0 Å². The molecule has 0 aromatic carbocycles. The van der Waals surface area contributed by atoms with E-state index in [4.69, 9.17) is 5.11 Å². The minimum Gasteiger partial charge on any atom is -0.477 e. The number of carboxylic acid groups (broad SMARTS) is 1. The van der Waals surface area contributed by atoms with Crippen LogP contribution in [0.15, 0.2) is 30.7 Å². The van der Waals surface area contributed by atoms with Gasteiger partial charge in [0.05, 0.1) is 6.20 Å². The van der Waals surface area contributed by atoms with Gasteiger partial charge >= 0.3 is 5.97 Å². The van der Waals surface area contributed by atoms with E-state index >= 15 is 0 Å². The van der Waals surface area contributed by atoms with Crippen LogP contribution >= 0.6 is 0 Å². The quantitative estimate of drug-likeness (QED) is 0.866. The van der Waals surface area contributed by atoms with Gasteiger partial charge in [-0.15, -0.1) is 0 Å². The molecule has 0 fully saturated rings. The van der Waals surface area contributed by atoms with Crippen LogP contribution in [0.5, 0.6) is 0 Å². The van der Waals surface area contributed by atoms with Gasteiger partial charge in [0.25, 0.3) is 0 Å². The van der Waals surface area contributed by atoms with Gasteiger partial charge in [0, 0.05) is 18.9 Å². The Bertz CT molecular complexity index is 520. The fraction of sp³-hybridized carbons (Fsp3) is 0.250. The molecule has 0 amide bonds. The first-order chi connectivity index (χ1) is 8.18. The summed E-state index contributed by atoms with van der Waals surface area (Å²) in [6, 6.07) is 3.84. The summed E-state index contributed by atoms with van der Waals surface area (Å²) in [5.41, 5.74) is 1.31. The van der Waals surface area contributed by atoms with Gasteiger partial charge in [-0.2, -0.15) is 0 Å². The average Bonchev–Trinajstić information content (AvgIpc) is 2.69. The Labute approximate surface area is 98.8 Å². The van der Waals surface area contributed by atoms with E-state index < -0.39 is 5.97 Å². The number of aromatic nitrogens is 3. The van der Waals surface area contributed by atoms with Crippen LogP contribution in [0.2, 0.25) is 0 Å². The van der Waals surface area contributed by atoms with Gasteiger partial charge in [0.15, 0.2) is 0 Å². The first kappa shape index (κ1) is 11.3. The highest BCUT2D eigenvalue weighted by molar-refractivity contribution is 5.85. The zero-order valence-electron chi connectivity index (χ0n) is 9.50. The summed E-state index contributed by atoms with van der Waals surface area (Å²) in [5.74, 6) is -0.233. The van der Waals surface area contributed by atoms with E-state index in [-0.39, 0.29) is 5.69 Å². The normalized spacial score (nSPS) is 10.4. The molecule has 2 heterocycles. The van der Waals surface area contributed by atoms with E-state index in [2.05, 4.69) is 9.97 Å². The summed E-state index contributed by atoms with van der Waals surface area (Å²) in [6.07, 6.45) is 5.63. The van der Waals surface area contributed by atoms with Crippen LogP contribution < -0.4 is 0 Å². The molecule has 0 aliphatic rings. The molecule has 1 N–H and O–H groups in total. The SMILES string of the molecule is Cc1ncc(C(=O)O)n1CCc1cccnc1. The monoisotopic (exact) mass is 231 g/mol. The summed E-state index contributed by atoms with van der Waals surface area (Å²) in [6.45, 7) is 2.40. The average molecular weight is 231 g/mol. The highest BCUT2D eigenvalue weighted by atomic mass is 16.4. The van der Waals surface area contributed by atoms with Crippen LogP contribution in [0.25, 0.3) is 0 Å². The number of aromatic carboxylic acids is 1. The number of carboxylic acids is 1. The third kappa shape index (κ3) is 2.50. The van der Waals surface area contributed by atoms with E-state index in [0.717, 1.165) is 12.0 Å². The van der Waals surface area contributed by atoms with Gasteiger partial charge in [-0.25, -0.2) is 9.78 Å². The second kappa shape index (κ2) is 4.78. The van der Waals surface area contributed by atoms with Crippen molar-refractivity contribution >= 4 is 5.97 Å². The van der Waals surface area contributed by atoms with Crippen LogP contribution in [0.4, 0.5) is 0 Å². The molecule has 0 saturated heterocycles. The number of carbonyl (C=O) groups is 1. The summed E-state index contributed by atoms with van der Waals surface area (Å²) in [4.78, 5) is 19.0. The van der Waals surface area contributed by atoms with Crippen molar-refractivity contribution < 1.29 is 9.90 Å². The maximum atomic E-state index is 11.0. The molecular formula is C12H13N3O2. The van der Waals surface area contributed by atoms with E-state index in [0.29, 0.717) is 12.4 Å². The minimum absolute atomic E-state index is 0.228. The van der Waals surface area contributed by atoms with Gasteiger partial charge in [-0.1, -0.05) is 6.07 Å². The van der Waals surface area contributed by atoms with Crippen molar-refractivity contribution in [1.82, 2.24) is 14.5 Å². The van der Waals surface area contributed by atoms with E-state index in [1.807, 2.05) is 12.1 Å². The molecule has 2 aromatic rings. The largest absolute Gasteiger partial charge is 0.477 e. The lowest BCUT2D eigenvalue weighted by atomic mass is 10.2. The molecule has 0 aliphatic carbocycles. The number of aryl methyl sites for hydroxylation is 2. The molecule has 2 aromatic heterocycles. The van der Waals surface area contributed by atoms with E-state index in [1.165, 1.54) is 6.20 Å². The highest BCUT2D eigenvalue weighted by Crippen LogP contribution is 2.07. The Hall–Kier alpha value is -2.17. The van der Waals surface area contributed by atoms with Crippen molar-refractivity contribution in [2.75, 3.05) is 0 Å². The number of hydrogen-bond acceptors (Lipinski definition) is 3. The van der Waals surface area contributed by atoms with Crippen LogP contribution in [-0.2, 0) is 13.0 Å². The van der Waals surface area contributed by atoms with Crippen LogP contribution in [-0.4, -0.2) is 25.6 Å². The summed E-state index contributed by atoms with van der Waals surface area (Å²) >= 11 is 0. The van der Waals surface area contributed by atoms with Gasteiger partial charge in [0.1, 0.15) is 11.5 Å². The smallest absolute Gasteiger partial charge is 0.354 e. The fourth-order valence-electron chi connectivity index (χ4n) is 1.71. The van der Waals surface area contributed by atoms with Crippen molar-refractivity contribution in [1.29, 1.82) is 0 Å². The van der Waals surface area contributed by atoms with Crippen LogP contribution in [0.1, 0.15) is 21.9 Å². The minimum atomic E-state index is -0.947. The molecule has 2 rings (SSSR count). The standard InChI is InChI=1S/C12H13N3O2/c1-9-14-8-11(12(16)17)15(9)6-4-10-3-2-5-13-7-10/h2-3,5,7-8H,4,6H2,1H3,(H,16,17). The number of hydrogen-bond donors (Lipinski definition) is 1. The highest BCUT2D eigenvalue weighted by Gasteiger charge is 2.12. The maximum Gasteiger partial charge on any atom is 0.354 e. The lowest BCUT2D eigenvalue weighted by molar-refractivity contribution is 0.0684. The molecule has 5 nitrogen and oxygen atoms in total. The zero-order valence-corrected chi connectivity index (χ0v) is 9.50. The summed E-state index contributed by atoms with van der Waals surface area (Å²) in [7, 11) is 0. The third-order valence-electron chi connectivity index (χ3n) is 2.62. The Morgan fingerprint density at radius 1 is 1.47 bits per heavy atom. The van der Waals surface area contributed by atoms with E-state index in [9.17, 15) is 4.79 Å². The molecule has 0 unspecified atom stereocenters. The molecule has 0 aliphatic heterocycles. The van der Waals surface area contributed by atoms with Crippen LogP contribution in [0, 0.1) is 6.92 Å². The Balaban J connectivity index is 2.14. The third-order valence-corrected chi connectivity index (χ3v) is 2.62. The number of nitrogens with zero attached hydrogens (tertiary/aromatic N) is 3. The van der Waals surface area contributed by atoms with Gasteiger partial charge in [-0.3, -0.25) is 4.98 Å². The molecule has 0 spiro atoms. The fourth-order valence-corrected chi connectivity index (χ4v) is 1.71. The zero-order chi connectivity index (χ0) is 12.3. The summed E-state index contributed by atoms with van der Waals surface area (Å²) in [5, 5.41) is 9.00. The van der Waals surface area contributed by atoms with Crippen molar-refractivity contribution in [3.05, 3.63) is 47.8 Å². The predicted molar refractivity (Wildman–Crippen MR) is 61.9 cm³/mol. The lowest BCUT2D eigenvalue weighted by Crippen LogP contribution is -2.11. The van der Waals surface area contributed by atoms with Crippen molar-refractivity contribution in [2.24, 2.45) is 0 Å². The molecule has 5 heteroatoms. The molecule has 0 saturated carbocycles. The first-order valence-corrected chi connectivity index (χ1v) is 5.33. The number of imidazole rings is 1.